The molecule has 2 aromatic rings. The van der Waals surface area contributed by atoms with E-state index in [2.05, 4.69) is 5.32 Å². The fourth-order valence-electron chi connectivity index (χ4n) is 3.42. The van der Waals surface area contributed by atoms with Gasteiger partial charge >= 0.3 is 0 Å². The zero-order valence-electron chi connectivity index (χ0n) is 20.5. The average Bonchev–Trinajstić information content (AvgIpc) is 2.80. The van der Waals surface area contributed by atoms with Crippen molar-refractivity contribution in [1.82, 2.24) is 10.2 Å². The molecule has 0 aliphatic carbocycles. The highest BCUT2D eigenvalue weighted by Crippen LogP contribution is 2.22. The highest BCUT2D eigenvalue weighted by atomic mass is 35.5. The largest absolute Gasteiger partial charge is 0.354 e. The Bertz CT molecular complexity index is 1170. The van der Waals surface area contributed by atoms with Crippen LogP contribution in [-0.4, -0.2) is 56.3 Å². The zero-order valence-corrected chi connectivity index (χ0v) is 22.0. The van der Waals surface area contributed by atoms with E-state index in [-0.39, 0.29) is 23.9 Å². The predicted molar refractivity (Wildman–Crippen MR) is 138 cm³/mol. The Hall–Kier alpha value is -2.91. The van der Waals surface area contributed by atoms with Crippen molar-refractivity contribution < 1.29 is 22.8 Å². The Balaban J connectivity index is 2.40. The van der Waals surface area contributed by atoms with Crippen LogP contribution in [0.3, 0.4) is 0 Å². The minimum Gasteiger partial charge on any atom is -0.354 e. The second kappa shape index (κ2) is 12.7. The van der Waals surface area contributed by atoms with Gasteiger partial charge in [-0.2, -0.15) is 0 Å². The Kier molecular flexibility index (Phi) is 10.3. The summed E-state index contributed by atoms with van der Waals surface area (Å²) in [6.45, 7) is 4.92. The molecule has 1 atom stereocenters. The van der Waals surface area contributed by atoms with Gasteiger partial charge in [-0.15, -0.1) is 0 Å². The molecule has 0 aromatic heterocycles. The number of hydrogen-bond acceptors (Lipinski definition) is 5. The molecule has 0 fully saturated rings. The number of sulfonamides is 1. The molecule has 0 spiro atoms. The van der Waals surface area contributed by atoms with Crippen molar-refractivity contribution in [2.75, 3.05) is 23.7 Å². The van der Waals surface area contributed by atoms with Gasteiger partial charge in [-0.05, 0) is 44.0 Å². The van der Waals surface area contributed by atoms with Crippen LogP contribution in [0.1, 0.15) is 49.5 Å². The Morgan fingerprint density at radius 1 is 1.09 bits per heavy atom. The number of carbonyl (C=O) groups excluding carboxylic acids is 3. The van der Waals surface area contributed by atoms with E-state index in [1.54, 1.807) is 43.3 Å². The summed E-state index contributed by atoms with van der Waals surface area (Å²) in [5, 5.41) is 3.25. The van der Waals surface area contributed by atoms with Gasteiger partial charge in [0.1, 0.15) is 12.6 Å². The number of amides is 2. The number of carbonyl (C=O) groups is 3. The number of anilines is 1. The maximum atomic E-state index is 13.5. The SMILES string of the molecule is CCCCNC(=O)[C@@H](C)N(Cc1ccccc1Cl)C(=O)CN(c1cccc(C(C)=O)c1)S(C)(=O)=O. The summed E-state index contributed by atoms with van der Waals surface area (Å²) >= 11 is 6.30. The van der Waals surface area contributed by atoms with Crippen molar-refractivity contribution in [2.24, 2.45) is 0 Å². The average molecular weight is 522 g/mol. The molecular formula is C25H32ClN3O5S. The van der Waals surface area contributed by atoms with E-state index >= 15 is 0 Å². The van der Waals surface area contributed by atoms with Gasteiger partial charge in [0, 0.05) is 23.7 Å². The molecule has 0 saturated heterocycles. The molecular weight excluding hydrogens is 490 g/mol. The number of rotatable bonds is 12. The van der Waals surface area contributed by atoms with Gasteiger partial charge in [0.05, 0.1) is 11.9 Å². The van der Waals surface area contributed by atoms with Crippen LogP contribution in [0.2, 0.25) is 5.02 Å². The summed E-state index contributed by atoms with van der Waals surface area (Å²) < 4.78 is 26.2. The molecule has 0 bridgehead atoms. The van der Waals surface area contributed by atoms with Crippen LogP contribution in [0.4, 0.5) is 5.69 Å². The predicted octanol–water partition coefficient (Wildman–Crippen LogP) is 3.64. The lowest BCUT2D eigenvalue weighted by Crippen LogP contribution is -2.51. The molecule has 1 N–H and O–H groups in total. The minimum absolute atomic E-state index is 0.0198. The van der Waals surface area contributed by atoms with E-state index in [9.17, 15) is 22.8 Å². The smallest absolute Gasteiger partial charge is 0.244 e. The number of nitrogens with zero attached hydrogens (tertiary/aromatic N) is 2. The molecule has 0 aliphatic rings. The van der Waals surface area contributed by atoms with E-state index in [1.807, 2.05) is 6.92 Å². The number of nitrogens with one attached hydrogen (secondary N) is 1. The third-order valence-corrected chi connectivity index (χ3v) is 7.02. The molecule has 0 radical (unpaired) electrons. The topological polar surface area (TPSA) is 104 Å². The first-order valence-corrected chi connectivity index (χ1v) is 13.6. The van der Waals surface area contributed by atoms with Gasteiger partial charge in [0.2, 0.25) is 21.8 Å². The molecule has 2 rings (SSSR count). The van der Waals surface area contributed by atoms with Crippen molar-refractivity contribution in [3.8, 4) is 0 Å². The van der Waals surface area contributed by atoms with Crippen LogP contribution in [0, 0.1) is 0 Å². The van der Waals surface area contributed by atoms with Crippen molar-refractivity contribution in [2.45, 2.75) is 46.2 Å². The fraction of sp³-hybridized carbons (Fsp3) is 0.400. The highest BCUT2D eigenvalue weighted by Gasteiger charge is 2.30. The molecule has 35 heavy (non-hydrogen) atoms. The third kappa shape index (κ3) is 8.07. The van der Waals surface area contributed by atoms with Crippen molar-refractivity contribution in [3.05, 3.63) is 64.7 Å². The number of unbranched alkanes of at least 4 members (excludes halogenated alkanes) is 1. The minimum atomic E-state index is -3.89. The van der Waals surface area contributed by atoms with Gasteiger partial charge in [-0.3, -0.25) is 18.7 Å². The number of Topliss-reactive ketones (excluding diaryl/α,β-unsaturated/α-hetero) is 1. The van der Waals surface area contributed by atoms with E-state index < -0.39 is 28.5 Å². The van der Waals surface area contributed by atoms with E-state index in [1.165, 1.54) is 24.0 Å². The standard InChI is InChI=1S/C25H32ClN3O5S/c1-5-6-14-27-25(32)18(2)28(16-21-10-7-8-13-23(21)26)24(31)17-29(35(4,33)34)22-12-9-11-20(15-22)19(3)30/h7-13,15,18H,5-6,14,16-17H2,1-4H3,(H,27,32)/t18-/m1/s1. The van der Waals surface area contributed by atoms with E-state index in [0.29, 0.717) is 22.7 Å². The molecule has 2 aromatic carbocycles. The van der Waals surface area contributed by atoms with E-state index in [4.69, 9.17) is 11.6 Å². The molecule has 190 valence electrons. The van der Waals surface area contributed by atoms with Crippen LogP contribution < -0.4 is 9.62 Å². The lowest BCUT2D eigenvalue weighted by atomic mass is 10.1. The van der Waals surface area contributed by atoms with Crippen LogP contribution in [0.25, 0.3) is 0 Å². The summed E-state index contributed by atoms with van der Waals surface area (Å²) in [5.74, 6) is -1.16. The van der Waals surface area contributed by atoms with Gasteiger partial charge in [-0.1, -0.05) is 55.3 Å². The summed E-state index contributed by atoms with van der Waals surface area (Å²) in [6.07, 6.45) is 2.69. The monoisotopic (exact) mass is 521 g/mol. The van der Waals surface area contributed by atoms with Gasteiger partial charge < -0.3 is 10.2 Å². The zero-order chi connectivity index (χ0) is 26.2. The molecule has 0 saturated carbocycles. The Labute approximate surface area is 212 Å². The fourth-order valence-corrected chi connectivity index (χ4v) is 4.46. The molecule has 0 aliphatic heterocycles. The van der Waals surface area contributed by atoms with Gasteiger partial charge in [-0.25, -0.2) is 8.42 Å². The van der Waals surface area contributed by atoms with Crippen molar-refractivity contribution >= 4 is 44.9 Å². The molecule has 10 heteroatoms. The van der Waals surface area contributed by atoms with Crippen LogP contribution in [-0.2, 0) is 26.2 Å². The maximum absolute atomic E-state index is 13.5. The molecule has 0 heterocycles. The highest BCUT2D eigenvalue weighted by molar-refractivity contribution is 7.92. The third-order valence-electron chi connectivity index (χ3n) is 5.52. The summed E-state index contributed by atoms with van der Waals surface area (Å²) in [4.78, 5) is 39.4. The molecule has 0 unspecified atom stereocenters. The summed E-state index contributed by atoms with van der Waals surface area (Å²) in [7, 11) is -3.89. The lowest BCUT2D eigenvalue weighted by molar-refractivity contribution is -0.139. The maximum Gasteiger partial charge on any atom is 0.244 e. The Morgan fingerprint density at radius 3 is 2.37 bits per heavy atom. The number of hydrogen-bond donors (Lipinski definition) is 1. The first-order valence-electron chi connectivity index (χ1n) is 11.3. The quantitative estimate of drug-likeness (QED) is 0.339. The number of halogens is 1. The number of benzene rings is 2. The van der Waals surface area contributed by atoms with Crippen LogP contribution in [0.5, 0.6) is 0 Å². The van der Waals surface area contributed by atoms with Gasteiger partial charge in [0.15, 0.2) is 5.78 Å². The molecule has 2 amide bonds. The normalized spacial score (nSPS) is 12.0. The summed E-state index contributed by atoms with van der Waals surface area (Å²) in [6, 6.07) is 12.1. The second-order valence-electron chi connectivity index (χ2n) is 8.31. The number of ketones is 1. The first-order chi connectivity index (χ1) is 16.5. The Morgan fingerprint density at radius 2 is 1.77 bits per heavy atom. The van der Waals surface area contributed by atoms with E-state index in [0.717, 1.165) is 23.4 Å². The van der Waals surface area contributed by atoms with Gasteiger partial charge in [0.25, 0.3) is 0 Å². The first kappa shape index (κ1) is 28.3. The summed E-state index contributed by atoms with van der Waals surface area (Å²) in [5.41, 5.74) is 1.13. The lowest BCUT2D eigenvalue weighted by Gasteiger charge is -2.31. The van der Waals surface area contributed by atoms with Crippen LogP contribution in [0.15, 0.2) is 48.5 Å². The van der Waals surface area contributed by atoms with Crippen molar-refractivity contribution in [3.63, 3.8) is 0 Å². The molecule has 8 nitrogen and oxygen atoms in total. The van der Waals surface area contributed by atoms with Crippen LogP contribution >= 0.6 is 11.6 Å². The second-order valence-corrected chi connectivity index (χ2v) is 10.6. The van der Waals surface area contributed by atoms with Crippen molar-refractivity contribution in [1.29, 1.82) is 0 Å².